The van der Waals surface area contributed by atoms with E-state index in [2.05, 4.69) is 74.7 Å². The van der Waals surface area contributed by atoms with Crippen LogP contribution in [0.2, 0.25) is 0 Å². The van der Waals surface area contributed by atoms with Gasteiger partial charge in [0.25, 0.3) is 0 Å². The number of carbonyl (C=O) groups is 2. The number of aliphatic hydroxyl groups is 2. The van der Waals surface area contributed by atoms with Crippen molar-refractivity contribution in [3.8, 4) is 0 Å². The lowest BCUT2D eigenvalue weighted by Gasteiger charge is -2.24. The Morgan fingerprint density at radius 3 is 1.38 bits per heavy atom. The Labute approximate surface area is 393 Å². The standard InChI is InChI=1S/C58H95NO5/c1-4-7-10-13-16-19-22-25-27-28-29-30-33-36-39-42-45-48-51-58(63)64-54(49-46-43-40-37-34-31-24-21-18-15-12-9-6-3)52-57(62)59-55(53-60)56(61)50-47-44-41-38-35-32-26-23-20-17-14-11-8-5-2/h9-10,12-13,15-16,18-19,21-22,24-25,27-31,34,37,40,54-56,60-61H,4-8,11,14,17,20,23,26,32-33,35-36,38-39,41-53H2,1-3H3,(H,59,62)/b12-9+,13-10+,18-15+,19-16+,24-21-,25-22+,28-27+,30-29+,34-31-,40-37+. The second-order valence-corrected chi connectivity index (χ2v) is 17.1. The third-order valence-electron chi connectivity index (χ3n) is 11.0. The molecule has 362 valence electrons. The molecule has 0 aromatic carbocycles. The summed E-state index contributed by atoms with van der Waals surface area (Å²) in [5, 5.41) is 23.8. The van der Waals surface area contributed by atoms with Crippen LogP contribution in [0.5, 0.6) is 0 Å². The fourth-order valence-electron chi connectivity index (χ4n) is 7.13. The zero-order chi connectivity index (χ0) is 46.7. The van der Waals surface area contributed by atoms with E-state index in [1.54, 1.807) is 0 Å². The van der Waals surface area contributed by atoms with Crippen molar-refractivity contribution in [1.82, 2.24) is 5.32 Å². The van der Waals surface area contributed by atoms with Gasteiger partial charge in [0.15, 0.2) is 0 Å². The van der Waals surface area contributed by atoms with Crippen molar-refractivity contribution in [1.29, 1.82) is 0 Å². The highest BCUT2D eigenvalue weighted by Gasteiger charge is 2.24. The molecule has 0 aliphatic rings. The zero-order valence-corrected chi connectivity index (χ0v) is 41.1. The minimum atomic E-state index is -0.819. The van der Waals surface area contributed by atoms with Crippen LogP contribution >= 0.6 is 0 Å². The molecule has 0 aromatic rings. The SMILES string of the molecule is CC/C=C/C=C/C=C\C=C/C=C/CCCC(CC(=O)NC(CO)C(O)CCCCCCCCCCCCCCCC)OC(=O)CCCCCCC/C=C/C=C/C=C/C=C/C=C/CCC. The fraction of sp³-hybridized carbons (Fsp3) is 0.621. The van der Waals surface area contributed by atoms with Crippen molar-refractivity contribution in [2.24, 2.45) is 0 Å². The third kappa shape index (κ3) is 44.9. The predicted octanol–water partition coefficient (Wildman–Crippen LogP) is 15.7. The Morgan fingerprint density at radius 2 is 0.891 bits per heavy atom. The maximum Gasteiger partial charge on any atom is 0.306 e. The lowest BCUT2D eigenvalue weighted by Crippen LogP contribution is -2.46. The van der Waals surface area contributed by atoms with Gasteiger partial charge in [-0.15, -0.1) is 0 Å². The van der Waals surface area contributed by atoms with Gasteiger partial charge in [-0.05, 0) is 57.8 Å². The number of hydrogen-bond donors (Lipinski definition) is 3. The number of amides is 1. The predicted molar refractivity (Wildman–Crippen MR) is 277 cm³/mol. The van der Waals surface area contributed by atoms with Crippen LogP contribution in [-0.2, 0) is 14.3 Å². The molecule has 1 amide bonds. The van der Waals surface area contributed by atoms with Gasteiger partial charge in [0.1, 0.15) is 6.10 Å². The number of nitrogens with one attached hydrogen (secondary N) is 1. The molecule has 64 heavy (non-hydrogen) atoms. The van der Waals surface area contributed by atoms with Gasteiger partial charge < -0.3 is 20.3 Å². The van der Waals surface area contributed by atoms with Gasteiger partial charge in [0, 0.05) is 6.42 Å². The summed E-state index contributed by atoms with van der Waals surface area (Å²) in [5.41, 5.74) is 0. The van der Waals surface area contributed by atoms with E-state index < -0.39 is 18.2 Å². The van der Waals surface area contributed by atoms with Crippen LogP contribution in [0.4, 0.5) is 0 Å². The Morgan fingerprint density at radius 1 is 0.469 bits per heavy atom. The maximum absolute atomic E-state index is 13.2. The second kappa shape index (κ2) is 50.3. The molecule has 6 nitrogen and oxygen atoms in total. The lowest BCUT2D eigenvalue weighted by atomic mass is 10.0. The molecule has 0 radical (unpaired) electrons. The van der Waals surface area contributed by atoms with Crippen LogP contribution in [-0.4, -0.2) is 46.9 Å². The molecule has 3 atom stereocenters. The minimum absolute atomic E-state index is 0.00988. The van der Waals surface area contributed by atoms with Crippen LogP contribution in [0.1, 0.15) is 207 Å². The summed E-state index contributed by atoms with van der Waals surface area (Å²) in [5.74, 6) is -0.587. The molecular weight excluding hydrogens is 791 g/mol. The molecule has 0 saturated carbocycles. The summed E-state index contributed by atoms with van der Waals surface area (Å²) in [7, 11) is 0. The molecule has 0 fully saturated rings. The molecule has 3 N–H and O–H groups in total. The number of ether oxygens (including phenoxy) is 1. The zero-order valence-electron chi connectivity index (χ0n) is 41.1. The number of unbranched alkanes of at least 4 members (excludes halogenated alkanes) is 20. The molecule has 0 rings (SSSR count). The second-order valence-electron chi connectivity index (χ2n) is 17.1. The molecule has 6 heteroatoms. The number of hydrogen-bond acceptors (Lipinski definition) is 5. The number of allylic oxidation sites excluding steroid dienone is 20. The number of carbonyl (C=O) groups excluding carboxylic acids is 2. The van der Waals surface area contributed by atoms with E-state index >= 15 is 0 Å². The van der Waals surface area contributed by atoms with Gasteiger partial charge >= 0.3 is 5.97 Å². The fourth-order valence-corrected chi connectivity index (χ4v) is 7.13. The molecule has 3 unspecified atom stereocenters. The van der Waals surface area contributed by atoms with Crippen LogP contribution in [0, 0.1) is 0 Å². The topological polar surface area (TPSA) is 95.9 Å². The Balaban J connectivity index is 4.74. The maximum atomic E-state index is 13.2. The number of esters is 1. The monoisotopic (exact) mass is 886 g/mol. The Hall–Kier alpha value is -3.74. The van der Waals surface area contributed by atoms with Crippen molar-refractivity contribution in [3.63, 3.8) is 0 Å². The van der Waals surface area contributed by atoms with Crippen molar-refractivity contribution in [3.05, 3.63) is 122 Å². The van der Waals surface area contributed by atoms with E-state index in [4.69, 9.17) is 4.74 Å². The number of rotatable bonds is 44. The highest BCUT2D eigenvalue weighted by Crippen LogP contribution is 2.17. The first-order valence-electron chi connectivity index (χ1n) is 25.9. The summed E-state index contributed by atoms with van der Waals surface area (Å²) in [4.78, 5) is 26.1. The summed E-state index contributed by atoms with van der Waals surface area (Å²) in [6.07, 6.45) is 69.7. The summed E-state index contributed by atoms with van der Waals surface area (Å²) >= 11 is 0. The molecule has 0 bridgehead atoms. The van der Waals surface area contributed by atoms with E-state index in [1.165, 1.54) is 77.0 Å². The van der Waals surface area contributed by atoms with Crippen LogP contribution in [0.25, 0.3) is 0 Å². The van der Waals surface area contributed by atoms with Crippen molar-refractivity contribution < 1.29 is 24.5 Å². The quantitative estimate of drug-likeness (QED) is 0.0322. The first-order valence-corrected chi connectivity index (χ1v) is 25.9. The van der Waals surface area contributed by atoms with Crippen LogP contribution < -0.4 is 5.32 Å². The summed E-state index contributed by atoms with van der Waals surface area (Å²) in [6.45, 7) is 6.21. The summed E-state index contributed by atoms with van der Waals surface area (Å²) in [6, 6.07) is -0.739. The average molecular weight is 886 g/mol. The first kappa shape index (κ1) is 60.3. The van der Waals surface area contributed by atoms with Gasteiger partial charge in [0.2, 0.25) is 5.91 Å². The molecule has 0 spiro atoms. The Bertz CT molecular complexity index is 1360. The number of aliphatic hydroxyl groups excluding tert-OH is 2. The molecule has 0 aromatic heterocycles. The van der Waals surface area contributed by atoms with Gasteiger partial charge in [-0.25, -0.2) is 0 Å². The molecule has 0 aliphatic carbocycles. The van der Waals surface area contributed by atoms with Gasteiger partial charge in [-0.2, -0.15) is 0 Å². The largest absolute Gasteiger partial charge is 0.462 e. The molecule has 0 saturated heterocycles. The smallest absolute Gasteiger partial charge is 0.306 e. The van der Waals surface area contributed by atoms with E-state index in [1.807, 2.05) is 72.9 Å². The summed E-state index contributed by atoms with van der Waals surface area (Å²) < 4.78 is 5.88. The minimum Gasteiger partial charge on any atom is -0.462 e. The van der Waals surface area contributed by atoms with Crippen LogP contribution in [0.3, 0.4) is 0 Å². The van der Waals surface area contributed by atoms with Gasteiger partial charge in [-0.1, -0.05) is 258 Å². The van der Waals surface area contributed by atoms with Crippen molar-refractivity contribution in [2.45, 2.75) is 225 Å². The first-order chi connectivity index (χ1) is 31.5. The molecular formula is C58H95NO5. The van der Waals surface area contributed by atoms with Gasteiger partial charge in [-0.3, -0.25) is 9.59 Å². The van der Waals surface area contributed by atoms with Gasteiger partial charge in [0.05, 0.1) is 25.2 Å². The highest BCUT2D eigenvalue weighted by atomic mass is 16.5. The Kier molecular flexibility index (Phi) is 47.3. The van der Waals surface area contributed by atoms with E-state index in [9.17, 15) is 19.8 Å². The van der Waals surface area contributed by atoms with E-state index in [0.717, 1.165) is 83.5 Å². The highest BCUT2D eigenvalue weighted by molar-refractivity contribution is 5.77. The molecule has 0 aliphatic heterocycles. The lowest BCUT2D eigenvalue weighted by molar-refractivity contribution is -0.151. The van der Waals surface area contributed by atoms with E-state index in [0.29, 0.717) is 19.3 Å². The van der Waals surface area contributed by atoms with Crippen molar-refractivity contribution >= 4 is 11.9 Å². The average Bonchev–Trinajstić information content (AvgIpc) is 3.29. The van der Waals surface area contributed by atoms with Crippen molar-refractivity contribution in [2.75, 3.05) is 6.61 Å². The van der Waals surface area contributed by atoms with E-state index in [-0.39, 0.29) is 24.9 Å². The normalized spacial score (nSPS) is 14.3. The third-order valence-corrected chi connectivity index (χ3v) is 11.0. The van der Waals surface area contributed by atoms with Crippen LogP contribution in [0.15, 0.2) is 122 Å². The molecule has 0 heterocycles.